The van der Waals surface area contributed by atoms with Gasteiger partial charge in [-0.3, -0.25) is 5.32 Å². The van der Waals surface area contributed by atoms with Crippen molar-refractivity contribution in [2.24, 2.45) is 0 Å². The van der Waals surface area contributed by atoms with Crippen LogP contribution in [0.2, 0.25) is 0 Å². The molecule has 0 aliphatic carbocycles. The van der Waals surface area contributed by atoms with E-state index < -0.39 is 24.3 Å². The Morgan fingerprint density at radius 2 is 1.96 bits per heavy atom. The van der Waals surface area contributed by atoms with Gasteiger partial charge in [-0.25, -0.2) is 9.59 Å². The average Bonchev–Trinajstić information content (AvgIpc) is 2.44. The van der Waals surface area contributed by atoms with Crippen LogP contribution < -0.4 is 10.1 Å². The minimum atomic E-state index is -1.05. The molecule has 0 heterocycles. The zero-order chi connectivity index (χ0) is 18.2. The Hall–Kier alpha value is -2.28. The summed E-state index contributed by atoms with van der Waals surface area (Å²) in [7, 11) is 1.61. The highest BCUT2D eigenvalue weighted by Crippen LogP contribution is 2.25. The molecule has 134 valence electrons. The number of nitrogens with one attached hydrogen (secondary N) is 1. The predicted molar refractivity (Wildman–Crippen MR) is 89.6 cm³/mol. The Bertz CT molecular complexity index is 565. The summed E-state index contributed by atoms with van der Waals surface area (Å²) in [6.07, 6.45) is 0.826. The van der Waals surface area contributed by atoms with Gasteiger partial charge in [0.2, 0.25) is 0 Å². The lowest BCUT2D eigenvalue weighted by molar-refractivity contribution is -0.139. The minimum Gasteiger partial charge on any atom is -0.482 e. The number of aryl methyl sites for hydroxylation is 1. The molecule has 24 heavy (non-hydrogen) atoms. The second kappa shape index (κ2) is 9.12. The molecule has 0 radical (unpaired) electrons. The molecule has 7 nitrogen and oxygen atoms in total. The molecular formula is C17H25NO6. The van der Waals surface area contributed by atoms with Crippen LogP contribution >= 0.6 is 0 Å². The lowest BCUT2D eigenvalue weighted by atomic mass is 10.1. The molecule has 1 amide bonds. The number of hydrogen-bond acceptors (Lipinski definition) is 5. The number of amides is 1. The molecule has 0 aliphatic heterocycles. The van der Waals surface area contributed by atoms with Crippen molar-refractivity contribution < 1.29 is 28.9 Å². The normalized spacial score (nSPS) is 11.0. The largest absolute Gasteiger partial charge is 0.482 e. The standard InChI is InChI=1S/C17H25NO6/c1-17(2,3)24-16(21)18-13-7-8-14(23-11-15(19)20)12(10-13)6-5-9-22-4/h7-8,10H,5-6,9,11H2,1-4H3,(H,18,21)(H,19,20). The van der Waals surface area contributed by atoms with E-state index in [9.17, 15) is 9.59 Å². The molecule has 0 spiro atoms. The van der Waals surface area contributed by atoms with E-state index in [1.165, 1.54) is 0 Å². The summed E-state index contributed by atoms with van der Waals surface area (Å²) in [5, 5.41) is 11.4. The van der Waals surface area contributed by atoms with E-state index in [2.05, 4.69) is 5.32 Å². The molecule has 0 bridgehead atoms. The smallest absolute Gasteiger partial charge is 0.412 e. The molecule has 0 unspecified atom stereocenters. The SMILES string of the molecule is COCCCc1cc(NC(=O)OC(C)(C)C)ccc1OCC(=O)O. The second-order valence-electron chi connectivity index (χ2n) is 6.23. The van der Waals surface area contributed by atoms with Gasteiger partial charge >= 0.3 is 12.1 Å². The maximum absolute atomic E-state index is 11.8. The maximum Gasteiger partial charge on any atom is 0.412 e. The number of rotatable bonds is 8. The lowest BCUT2D eigenvalue weighted by Crippen LogP contribution is -2.27. The summed E-state index contributed by atoms with van der Waals surface area (Å²) in [6, 6.07) is 5.02. The first-order valence-corrected chi connectivity index (χ1v) is 7.67. The first-order chi connectivity index (χ1) is 11.2. The number of methoxy groups -OCH3 is 1. The second-order valence-corrected chi connectivity index (χ2v) is 6.23. The quantitative estimate of drug-likeness (QED) is 0.707. The van der Waals surface area contributed by atoms with Gasteiger partial charge in [0, 0.05) is 19.4 Å². The summed E-state index contributed by atoms with van der Waals surface area (Å²) in [6.45, 7) is 5.50. The van der Waals surface area contributed by atoms with Gasteiger partial charge in [0.25, 0.3) is 0 Å². The van der Waals surface area contributed by atoms with Gasteiger partial charge in [-0.05, 0) is 57.4 Å². The highest BCUT2D eigenvalue weighted by Gasteiger charge is 2.17. The lowest BCUT2D eigenvalue weighted by Gasteiger charge is -2.20. The zero-order valence-electron chi connectivity index (χ0n) is 14.5. The van der Waals surface area contributed by atoms with Crippen LogP contribution in [0.15, 0.2) is 18.2 Å². The molecule has 1 aromatic rings. The summed E-state index contributed by atoms with van der Waals surface area (Å²) in [5.41, 5.74) is 0.761. The number of hydrogen-bond donors (Lipinski definition) is 2. The third-order valence-electron chi connectivity index (χ3n) is 2.85. The number of anilines is 1. The summed E-state index contributed by atoms with van der Waals surface area (Å²) in [4.78, 5) is 22.5. The van der Waals surface area contributed by atoms with Gasteiger partial charge in [0.05, 0.1) is 0 Å². The summed E-state index contributed by atoms with van der Waals surface area (Å²) in [5.74, 6) is -0.572. The van der Waals surface area contributed by atoms with E-state index in [0.29, 0.717) is 24.5 Å². The van der Waals surface area contributed by atoms with Crippen LogP contribution in [0.25, 0.3) is 0 Å². The molecular weight excluding hydrogens is 314 g/mol. The van der Waals surface area contributed by atoms with Crippen LogP contribution in [0.4, 0.5) is 10.5 Å². The van der Waals surface area contributed by atoms with Crippen LogP contribution in [0.5, 0.6) is 5.75 Å². The number of aliphatic carboxylic acids is 1. The number of carbonyl (C=O) groups is 2. The molecule has 0 aromatic heterocycles. The predicted octanol–water partition coefficient (Wildman–Crippen LogP) is 3.08. The zero-order valence-corrected chi connectivity index (χ0v) is 14.5. The van der Waals surface area contributed by atoms with E-state index in [1.54, 1.807) is 46.1 Å². The Morgan fingerprint density at radius 1 is 1.25 bits per heavy atom. The van der Waals surface area contributed by atoms with Crippen molar-refractivity contribution in [2.45, 2.75) is 39.2 Å². The molecule has 0 atom stereocenters. The van der Waals surface area contributed by atoms with E-state index in [0.717, 1.165) is 12.0 Å². The molecule has 1 rings (SSSR count). The molecule has 2 N–H and O–H groups in total. The van der Waals surface area contributed by atoms with E-state index in [4.69, 9.17) is 19.3 Å². The molecule has 7 heteroatoms. The monoisotopic (exact) mass is 339 g/mol. The van der Waals surface area contributed by atoms with Crippen LogP contribution in [-0.2, 0) is 20.7 Å². The van der Waals surface area contributed by atoms with Crippen LogP contribution in [0.3, 0.4) is 0 Å². The molecule has 0 saturated carbocycles. The third kappa shape index (κ3) is 7.82. The van der Waals surface area contributed by atoms with Crippen molar-refractivity contribution in [3.05, 3.63) is 23.8 Å². The fraction of sp³-hybridized carbons (Fsp3) is 0.529. The third-order valence-corrected chi connectivity index (χ3v) is 2.85. The van der Waals surface area contributed by atoms with E-state index in [-0.39, 0.29) is 0 Å². The maximum atomic E-state index is 11.8. The highest BCUT2D eigenvalue weighted by molar-refractivity contribution is 5.85. The van der Waals surface area contributed by atoms with Crippen LogP contribution in [0.1, 0.15) is 32.8 Å². The Balaban J connectivity index is 2.84. The number of ether oxygens (including phenoxy) is 3. The highest BCUT2D eigenvalue weighted by atomic mass is 16.6. The van der Waals surface area contributed by atoms with Crippen molar-refractivity contribution in [1.29, 1.82) is 0 Å². The van der Waals surface area contributed by atoms with Gasteiger partial charge in [-0.2, -0.15) is 0 Å². The molecule has 0 fully saturated rings. The topological polar surface area (TPSA) is 94.1 Å². The number of carboxylic acids is 1. The molecule has 0 saturated heterocycles. The summed E-state index contributed by atoms with van der Waals surface area (Å²) >= 11 is 0. The average molecular weight is 339 g/mol. The van der Waals surface area contributed by atoms with E-state index in [1.807, 2.05) is 0 Å². The molecule has 1 aromatic carbocycles. The fourth-order valence-corrected chi connectivity index (χ4v) is 1.96. The number of carboxylic acid groups (broad SMARTS) is 1. The molecule has 0 aliphatic rings. The first kappa shape index (κ1) is 19.8. The fourth-order valence-electron chi connectivity index (χ4n) is 1.96. The first-order valence-electron chi connectivity index (χ1n) is 7.67. The van der Waals surface area contributed by atoms with Crippen molar-refractivity contribution in [1.82, 2.24) is 0 Å². The Kier molecular flexibility index (Phi) is 7.51. The number of carbonyl (C=O) groups excluding carboxylic acids is 1. The minimum absolute atomic E-state index is 0.421. The van der Waals surface area contributed by atoms with Crippen molar-refractivity contribution in [3.63, 3.8) is 0 Å². The van der Waals surface area contributed by atoms with Crippen molar-refractivity contribution in [3.8, 4) is 5.75 Å². The van der Waals surface area contributed by atoms with E-state index >= 15 is 0 Å². The van der Waals surface area contributed by atoms with Crippen LogP contribution in [-0.4, -0.2) is 43.1 Å². The Morgan fingerprint density at radius 3 is 2.54 bits per heavy atom. The van der Waals surface area contributed by atoms with Gasteiger partial charge in [-0.15, -0.1) is 0 Å². The summed E-state index contributed by atoms with van der Waals surface area (Å²) < 4.78 is 15.5. The Labute approximate surface area is 141 Å². The van der Waals surface area contributed by atoms with Crippen molar-refractivity contribution >= 4 is 17.7 Å². The number of benzene rings is 1. The van der Waals surface area contributed by atoms with Gasteiger partial charge in [0.15, 0.2) is 6.61 Å². The van der Waals surface area contributed by atoms with Gasteiger partial charge < -0.3 is 19.3 Å². The van der Waals surface area contributed by atoms with Gasteiger partial charge in [0.1, 0.15) is 11.4 Å². The van der Waals surface area contributed by atoms with Crippen LogP contribution in [0, 0.1) is 0 Å². The van der Waals surface area contributed by atoms with Gasteiger partial charge in [-0.1, -0.05) is 0 Å². The van der Waals surface area contributed by atoms with Crippen molar-refractivity contribution in [2.75, 3.05) is 25.6 Å².